The molecular formula is C17H19N3O3. The fourth-order valence-corrected chi connectivity index (χ4v) is 2.66. The van der Waals surface area contributed by atoms with Crippen molar-refractivity contribution in [3.8, 4) is 11.5 Å². The number of hydrogen-bond donors (Lipinski definition) is 1. The monoisotopic (exact) mass is 313 g/mol. The van der Waals surface area contributed by atoms with E-state index in [-0.39, 0.29) is 18.2 Å². The molecule has 1 aliphatic rings. The smallest absolute Gasteiger partial charge is 0.226 e. The van der Waals surface area contributed by atoms with Gasteiger partial charge in [0.05, 0.1) is 25.8 Å². The third-order valence-electron chi connectivity index (χ3n) is 3.80. The molecule has 120 valence electrons. The molecule has 2 aromatic rings. The normalized spacial score (nSPS) is 16.1. The third kappa shape index (κ3) is 3.77. The van der Waals surface area contributed by atoms with Crippen LogP contribution < -0.4 is 14.8 Å². The molecule has 1 amide bonds. The van der Waals surface area contributed by atoms with E-state index in [0.717, 1.165) is 23.5 Å². The zero-order valence-corrected chi connectivity index (χ0v) is 13.0. The Kier molecular flexibility index (Phi) is 4.71. The van der Waals surface area contributed by atoms with Gasteiger partial charge in [-0.15, -0.1) is 0 Å². The molecule has 0 saturated heterocycles. The highest BCUT2D eigenvalue weighted by molar-refractivity contribution is 5.77. The maximum absolute atomic E-state index is 12.0. The summed E-state index contributed by atoms with van der Waals surface area (Å²) < 4.78 is 11.1. The molecule has 2 heterocycles. The minimum atomic E-state index is -0.0538. The van der Waals surface area contributed by atoms with E-state index < -0.39 is 0 Å². The van der Waals surface area contributed by atoms with Gasteiger partial charge in [0.25, 0.3) is 0 Å². The third-order valence-corrected chi connectivity index (χ3v) is 3.80. The topological polar surface area (TPSA) is 73.3 Å². The number of fused-ring (bicyclic) bond motifs is 1. The summed E-state index contributed by atoms with van der Waals surface area (Å²) in [5.41, 5.74) is 1.78. The molecule has 6 heteroatoms. The summed E-state index contributed by atoms with van der Waals surface area (Å²) in [6.45, 7) is 1.15. The van der Waals surface area contributed by atoms with Gasteiger partial charge in [0, 0.05) is 31.1 Å². The quantitative estimate of drug-likeness (QED) is 0.903. The molecule has 1 aromatic heterocycles. The summed E-state index contributed by atoms with van der Waals surface area (Å²) in [5, 5.41) is 2.94. The average Bonchev–Trinajstić information content (AvgIpc) is 2.60. The van der Waals surface area contributed by atoms with Crippen LogP contribution in [0.3, 0.4) is 0 Å². The molecule has 1 unspecified atom stereocenters. The molecule has 0 fully saturated rings. The van der Waals surface area contributed by atoms with E-state index in [9.17, 15) is 4.79 Å². The van der Waals surface area contributed by atoms with Gasteiger partial charge in [-0.2, -0.15) is 0 Å². The molecule has 0 bridgehead atoms. The molecule has 0 aliphatic carbocycles. The largest absolute Gasteiger partial charge is 0.493 e. The second kappa shape index (κ2) is 7.09. The second-order valence-electron chi connectivity index (χ2n) is 5.51. The van der Waals surface area contributed by atoms with Crippen LogP contribution in [0.5, 0.6) is 11.5 Å². The first-order chi connectivity index (χ1) is 11.3. The number of amides is 1. The van der Waals surface area contributed by atoms with Crippen molar-refractivity contribution in [3.05, 3.63) is 48.0 Å². The minimum Gasteiger partial charge on any atom is -0.493 e. The van der Waals surface area contributed by atoms with Crippen molar-refractivity contribution in [2.45, 2.75) is 12.8 Å². The molecule has 1 atom stereocenters. The van der Waals surface area contributed by atoms with E-state index in [1.165, 1.54) is 0 Å². The number of aromatic nitrogens is 2. The Labute approximate surface area is 134 Å². The van der Waals surface area contributed by atoms with Gasteiger partial charge in [0.1, 0.15) is 0 Å². The molecule has 1 N–H and O–H groups in total. The minimum absolute atomic E-state index is 0.0538. The standard InChI is InChI=1S/C17H19N3O3/c1-22-15-4-2-3-13-7-12(11-23-17(13)15)9-20-16(21)8-14-10-18-5-6-19-14/h2-6,10,12H,7-9,11H2,1H3,(H,20,21). The maximum atomic E-state index is 12.0. The summed E-state index contributed by atoms with van der Waals surface area (Å²) in [7, 11) is 1.64. The van der Waals surface area contributed by atoms with Crippen molar-refractivity contribution in [2.24, 2.45) is 5.92 Å². The molecule has 0 saturated carbocycles. The molecule has 0 radical (unpaired) electrons. The first-order valence-electron chi connectivity index (χ1n) is 7.56. The Balaban J connectivity index is 1.53. The number of hydrogen-bond acceptors (Lipinski definition) is 5. The van der Waals surface area contributed by atoms with Crippen LogP contribution in [0.4, 0.5) is 0 Å². The predicted octanol–water partition coefficient (Wildman–Crippen LogP) is 1.40. The van der Waals surface area contributed by atoms with Gasteiger partial charge in [-0.05, 0) is 18.1 Å². The Morgan fingerprint density at radius 1 is 1.43 bits per heavy atom. The van der Waals surface area contributed by atoms with Gasteiger partial charge in [-0.1, -0.05) is 12.1 Å². The maximum Gasteiger partial charge on any atom is 0.226 e. The van der Waals surface area contributed by atoms with Crippen LogP contribution in [-0.2, 0) is 17.6 Å². The highest BCUT2D eigenvalue weighted by Gasteiger charge is 2.23. The first-order valence-corrected chi connectivity index (χ1v) is 7.56. The number of methoxy groups -OCH3 is 1. The lowest BCUT2D eigenvalue weighted by Gasteiger charge is -2.26. The number of carbonyl (C=O) groups is 1. The zero-order chi connectivity index (χ0) is 16.1. The van der Waals surface area contributed by atoms with Crippen LogP contribution in [0.2, 0.25) is 0 Å². The highest BCUT2D eigenvalue weighted by atomic mass is 16.5. The average molecular weight is 313 g/mol. The van der Waals surface area contributed by atoms with Crippen molar-refractivity contribution in [2.75, 3.05) is 20.3 Å². The van der Waals surface area contributed by atoms with Crippen LogP contribution in [0.25, 0.3) is 0 Å². The van der Waals surface area contributed by atoms with E-state index in [4.69, 9.17) is 9.47 Å². The number of ether oxygens (including phenoxy) is 2. The van der Waals surface area contributed by atoms with Gasteiger partial charge in [-0.25, -0.2) is 0 Å². The zero-order valence-electron chi connectivity index (χ0n) is 13.0. The fourth-order valence-electron chi connectivity index (χ4n) is 2.66. The Bertz CT molecular complexity index is 676. The van der Waals surface area contributed by atoms with Crippen LogP contribution in [0, 0.1) is 5.92 Å². The van der Waals surface area contributed by atoms with Crippen LogP contribution in [0.1, 0.15) is 11.3 Å². The number of carbonyl (C=O) groups excluding carboxylic acids is 1. The molecule has 6 nitrogen and oxygen atoms in total. The van der Waals surface area contributed by atoms with Crippen LogP contribution in [-0.4, -0.2) is 36.1 Å². The SMILES string of the molecule is COc1cccc2c1OCC(CNC(=O)Cc1cnccn1)C2. The molecule has 1 aliphatic heterocycles. The first kappa shape index (κ1) is 15.3. The van der Waals surface area contributed by atoms with Gasteiger partial charge in [0.15, 0.2) is 11.5 Å². The van der Waals surface area contributed by atoms with Crippen molar-refractivity contribution in [1.82, 2.24) is 15.3 Å². The Hall–Kier alpha value is -2.63. The number of benzene rings is 1. The summed E-state index contributed by atoms with van der Waals surface area (Å²) in [4.78, 5) is 20.0. The number of para-hydroxylation sites is 1. The van der Waals surface area contributed by atoms with Crippen molar-refractivity contribution >= 4 is 5.91 Å². The molecular weight excluding hydrogens is 294 g/mol. The molecule has 1 aromatic carbocycles. The van der Waals surface area contributed by atoms with Crippen molar-refractivity contribution in [3.63, 3.8) is 0 Å². The summed E-state index contributed by atoms with van der Waals surface area (Å²) in [6.07, 6.45) is 5.88. The molecule has 0 spiro atoms. The van der Waals surface area contributed by atoms with Gasteiger partial charge in [-0.3, -0.25) is 14.8 Å². The lowest BCUT2D eigenvalue weighted by Crippen LogP contribution is -2.35. The van der Waals surface area contributed by atoms with Crippen molar-refractivity contribution in [1.29, 1.82) is 0 Å². The fraction of sp³-hybridized carbons (Fsp3) is 0.353. The van der Waals surface area contributed by atoms with E-state index >= 15 is 0 Å². The van der Waals surface area contributed by atoms with E-state index in [0.29, 0.717) is 18.8 Å². The van der Waals surface area contributed by atoms with Gasteiger partial charge >= 0.3 is 0 Å². The van der Waals surface area contributed by atoms with Crippen molar-refractivity contribution < 1.29 is 14.3 Å². The predicted molar refractivity (Wildman–Crippen MR) is 84.4 cm³/mol. The highest BCUT2D eigenvalue weighted by Crippen LogP contribution is 2.35. The summed E-state index contributed by atoms with van der Waals surface area (Å²) in [6, 6.07) is 5.88. The lowest BCUT2D eigenvalue weighted by molar-refractivity contribution is -0.120. The van der Waals surface area contributed by atoms with Gasteiger partial charge in [0.2, 0.25) is 5.91 Å². The van der Waals surface area contributed by atoms with E-state index in [2.05, 4.69) is 15.3 Å². The van der Waals surface area contributed by atoms with Gasteiger partial charge < -0.3 is 14.8 Å². The number of nitrogens with zero attached hydrogens (tertiary/aromatic N) is 2. The summed E-state index contributed by atoms with van der Waals surface area (Å²) in [5.74, 6) is 1.77. The number of nitrogens with one attached hydrogen (secondary N) is 1. The Morgan fingerprint density at radius 3 is 3.13 bits per heavy atom. The van der Waals surface area contributed by atoms with E-state index in [1.54, 1.807) is 25.7 Å². The van der Waals surface area contributed by atoms with Crippen LogP contribution in [0.15, 0.2) is 36.8 Å². The lowest BCUT2D eigenvalue weighted by atomic mass is 9.96. The number of rotatable bonds is 5. The van der Waals surface area contributed by atoms with E-state index in [1.807, 2.05) is 18.2 Å². The van der Waals surface area contributed by atoms with Crippen LogP contribution >= 0.6 is 0 Å². The summed E-state index contributed by atoms with van der Waals surface area (Å²) >= 11 is 0. The molecule has 23 heavy (non-hydrogen) atoms. The molecule has 3 rings (SSSR count). The second-order valence-corrected chi connectivity index (χ2v) is 5.51. The Morgan fingerprint density at radius 2 is 2.35 bits per heavy atom.